The van der Waals surface area contributed by atoms with Crippen molar-refractivity contribution < 1.29 is 24.2 Å². The molecule has 2 N–H and O–H groups in total. The highest BCUT2D eigenvalue weighted by atomic mass is 32.2. The highest BCUT2D eigenvalue weighted by Gasteiger charge is 2.38. The molecule has 0 spiro atoms. The van der Waals surface area contributed by atoms with Crippen molar-refractivity contribution in [2.45, 2.75) is 23.5 Å². The van der Waals surface area contributed by atoms with Crippen molar-refractivity contribution >= 4 is 23.6 Å². The van der Waals surface area contributed by atoms with Crippen LogP contribution in [0.4, 0.5) is 4.39 Å². The first-order valence-electron chi connectivity index (χ1n) is 6.06. The van der Waals surface area contributed by atoms with Crippen LogP contribution in [0.5, 0.6) is 0 Å². The van der Waals surface area contributed by atoms with Gasteiger partial charge in [0.1, 0.15) is 11.9 Å². The lowest BCUT2D eigenvalue weighted by atomic mass is 10.2. The first kappa shape index (κ1) is 14.8. The van der Waals surface area contributed by atoms with Gasteiger partial charge in [0.05, 0.1) is 11.9 Å². The lowest BCUT2D eigenvalue weighted by Crippen LogP contribution is -2.41. The average Bonchev–Trinajstić information content (AvgIpc) is 2.80. The third kappa shape index (κ3) is 3.29. The monoisotopic (exact) mass is 299 g/mol. The van der Waals surface area contributed by atoms with Crippen molar-refractivity contribution in [2.24, 2.45) is 0 Å². The minimum atomic E-state index is -1.13. The van der Waals surface area contributed by atoms with Gasteiger partial charge in [-0.3, -0.25) is 4.79 Å². The van der Waals surface area contributed by atoms with Crippen molar-refractivity contribution in [1.82, 2.24) is 4.90 Å². The van der Waals surface area contributed by atoms with E-state index in [1.165, 1.54) is 6.07 Å². The zero-order chi connectivity index (χ0) is 14.7. The predicted octanol–water partition coefficient (Wildman–Crippen LogP) is 0.964. The molecule has 108 valence electrons. The van der Waals surface area contributed by atoms with Crippen molar-refractivity contribution in [3.05, 3.63) is 30.1 Å². The van der Waals surface area contributed by atoms with E-state index in [1.807, 2.05) is 0 Å². The fourth-order valence-electron chi connectivity index (χ4n) is 2.11. The second-order valence-electron chi connectivity index (χ2n) is 4.51. The van der Waals surface area contributed by atoms with Gasteiger partial charge < -0.3 is 15.1 Å². The first-order chi connectivity index (χ1) is 9.49. The lowest BCUT2D eigenvalue weighted by Gasteiger charge is -2.20. The van der Waals surface area contributed by atoms with Gasteiger partial charge in [0, 0.05) is 17.9 Å². The Morgan fingerprint density at radius 2 is 2.10 bits per heavy atom. The Balaban J connectivity index is 1.98. The summed E-state index contributed by atoms with van der Waals surface area (Å²) in [5.74, 6) is -2.02. The number of β-amino-alcohol motifs (C(OH)–C–C–N with tert-alkyl or cyclic N) is 1. The maximum Gasteiger partial charge on any atom is 0.326 e. The average molecular weight is 299 g/mol. The number of hydrogen-bond acceptors (Lipinski definition) is 4. The number of halogens is 1. The fraction of sp³-hybridized carbons (Fsp3) is 0.385. The molecular weight excluding hydrogens is 285 g/mol. The minimum absolute atomic E-state index is 0.00757. The van der Waals surface area contributed by atoms with Crippen LogP contribution in [0.2, 0.25) is 0 Å². The molecule has 1 aliphatic rings. The van der Waals surface area contributed by atoms with Crippen LogP contribution in [0.1, 0.15) is 6.42 Å². The Kier molecular flexibility index (Phi) is 4.61. The summed E-state index contributed by atoms with van der Waals surface area (Å²) in [6, 6.07) is 5.07. The van der Waals surface area contributed by atoms with Gasteiger partial charge in [-0.25, -0.2) is 9.18 Å². The molecule has 1 amide bonds. The van der Waals surface area contributed by atoms with Crippen LogP contribution in [-0.4, -0.2) is 51.4 Å². The highest BCUT2D eigenvalue weighted by Crippen LogP contribution is 2.24. The number of likely N-dealkylation sites (tertiary alicyclic amines) is 1. The summed E-state index contributed by atoms with van der Waals surface area (Å²) in [7, 11) is 0. The maximum absolute atomic E-state index is 13.4. The van der Waals surface area contributed by atoms with Crippen molar-refractivity contribution in [3.8, 4) is 0 Å². The number of aliphatic hydroxyl groups excluding tert-OH is 1. The van der Waals surface area contributed by atoms with Gasteiger partial charge in [0.2, 0.25) is 5.91 Å². The Labute approximate surface area is 119 Å². The molecule has 0 unspecified atom stereocenters. The number of carboxylic acids is 1. The van der Waals surface area contributed by atoms with E-state index < -0.39 is 29.8 Å². The molecule has 1 aromatic rings. The SMILES string of the molecule is O=C(O)[C@H]1C[C@@H](O)CN1C(=O)CSc1ccccc1F. The Morgan fingerprint density at radius 3 is 2.75 bits per heavy atom. The van der Waals surface area contributed by atoms with E-state index in [1.54, 1.807) is 18.2 Å². The molecule has 2 rings (SSSR count). The summed E-state index contributed by atoms with van der Waals surface area (Å²) in [5, 5.41) is 18.5. The van der Waals surface area contributed by atoms with Gasteiger partial charge in [-0.2, -0.15) is 0 Å². The number of rotatable bonds is 4. The number of thioether (sulfide) groups is 1. The second-order valence-corrected chi connectivity index (χ2v) is 5.53. The minimum Gasteiger partial charge on any atom is -0.480 e. The zero-order valence-corrected chi connectivity index (χ0v) is 11.3. The standard InChI is InChI=1S/C13H14FNO4S/c14-9-3-1-2-4-11(9)20-7-12(17)15-6-8(16)5-10(15)13(18)19/h1-4,8,10,16H,5-7H2,(H,18,19)/t8-,10-/m1/s1. The molecular formula is C13H14FNO4S. The first-order valence-corrected chi connectivity index (χ1v) is 7.05. The molecule has 1 saturated heterocycles. The van der Waals surface area contributed by atoms with E-state index >= 15 is 0 Å². The van der Waals surface area contributed by atoms with Crippen LogP contribution in [0.25, 0.3) is 0 Å². The lowest BCUT2D eigenvalue weighted by molar-refractivity contribution is -0.147. The summed E-state index contributed by atoms with van der Waals surface area (Å²) in [4.78, 5) is 24.5. The second kappa shape index (κ2) is 6.23. The van der Waals surface area contributed by atoms with Crippen molar-refractivity contribution in [1.29, 1.82) is 0 Å². The number of aliphatic hydroxyl groups is 1. The Bertz CT molecular complexity index is 525. The van der Waals surface area contributed by atoms with E-state index in [4.69, 9.17) is 5.11 Å². The van der Waals surface area contributed by atoms with Gasteiger partial charge in [-0.15, -0.1) is 11.8 Å². The number of nitrogens with zero attached hydrogens (tertiary/aromatic N) is 1. The third-order valence-electron chi connectivity index (χ3n) is 3.07. The molecule has 1 fully saturated rings. The molecule has 20 heavy (non-hydrogen) atoms. The molecule has 0 aliphatic carbocycles. The van der Waals surface area contributed by atoms with Gasteiger partial charge in [0.15, 0.2) is 0 Å². The Hall–Kier alpha value is -1.60. The van der Waals surface area contributed by atoms with Crippen LogP contribution in [0.15, 0.2) is 29.2 Å². The van der Waals surface area contributed by atoms with Gasteiger partial charge >= 0.3 is 5.97 Å². The molecule has 1 aliphatic heterocycles. The number of hydrogen-bond donors (Lipinski definition) is 2. The molecule has 1 heterocycles. The number of carbonyl (C=O) groups is 2. The third-order valence-corrected chi connectivity index (χ3v) is 4.11. The van der Waals surface area contributed by atoms with Crippen molar-refractivity contribution in [2.75, 3.05) is 12.3 Å². The normalized spacial score (nSPS) is 22.0. The maximum atomic E-state index is 13.4. The summed E-state index contributed by atoms with van der Waals surface area (Å²) in [5.41, 5.74) is 0. The van der Waals surface area contributed by atoms with Crippen LogP contribution in [0.3, 0.4) is 0 Å². The molecule has 7 heteroatoms. The summed E-state index contributed by atoms with van der Waals surface area (Å²) in [6.07, 6.45) is -0.788. The summed E-state index contributed by atoms with van der Waals surface area (Å²) >= 11 is 1.02. The quantitative estimate of drug-likeness (QED) is 0.810. The van der Waals surface area contributed by atoms with Crippen LogP contribution >= 0.6 is 11.8 Å². The largest absolute Gasteiger partial charge is 0.480 e. The van der Waals surface area contributed by atoms with Crippen molar-refractivity contribution in [3.63, 3.8) is 0 Å². The molecule has 1 aromatic carbocycles. The summed E-state index contributed by atoms with van der Waals surface area (Å²) in [6.45, 7) is 0.00757. The number of carbonyl (C=O) groups excluding carboxylic acids is 1. The zero-order valence-electron chi connectivity index (χ0n) is 10.5. The fourth-order valence-corrected chi connectivity index (χ4v) is 2.93. The smallest absolute Gasteiger partial charge is 0.326 e. The van der Waals surface area contributed by atoms with E-state index in [0.29, 0.717) is 4.90 Å². The molecule has 5 nitrogen and oxygen atoms in total. The van der Waals surface area contributed by atoms with E-state index in [0.717, 1.165) is 16.7 Å². The van der Waals surface area contributed by atoms with Crippen LogP contribution < -0.4 is 0 Å². The Morgan fingerprint density at radius 1 is 1.40 bits per heavy atom. The number of carboxylic acid groups (broad SMARTS) is 1. The van der Waals surface area contributed by atoms with Crippen LogP contribution in [-0.2, 0) is 9.59 Å². The van der Waals surface area contributed by atoms with Gasteiger partial charge in [-0.1, -0.05) is 12.1 Å². The number of benzene rings is 1. The van der Waals surface area contributed by atoms with Crippen LogP contribution in [0, 0.1) is 5.82 Å². The summed E-state index contributed by atoms with van der Waals surface area (Å²) < 4.78 is 13.4. The molecule has 2 atom stereocenters. The topological polar surface area (TPSA) is 77.8 Å². The molecule has 0 saturated carbocycles. The van der Waals surface area contributed by atoms with Gasteiger partial charge in [-0.05, 0) is 12.1 Å². The number of aliphatic carboxylic acids is 1. The molecule has 0 aromatic heterocycles. The van der Waals surface area contributed by atoms with E-state index in [-0.39, 0.29) is 18.7 Å². The van der Waals surface area contributed by atoms with Gasteiger partial charge in [0.25, 0.3) is 0 Å². The predicted molar refractivity (Wildman–Crippen MR) is 70.9 cm³/mol. The molecule has 0 radical (unpaired) electrons. The highest BCUT2D eigenvalue weighted by molar-refractivity contribution is 8.00. The van der Waals surface area contributed by atoms with E-state index in [2.05, 4.69) is 0 Å². The van der Waals surface area contributed by atoms with E-state index in [9.17, 15) is 19.1 Å². The number of amides is 1. The molecule has 0 bridgehead atoms.